The zero-order valence-corrected chi connectivity index (χ0v) is 10.1. The Kier molecular flexibility index (Phi) is 3.27. The van der Waals surface area contributed by atoms with E-state index in [4.69, 9.17) is 0 Å². The minimum absolute atomic E-state index is 0.689. The third-order valence-electron chi connectivity index (χ3n) is 3.26. The molecule has 0 aromatic heterocycles. The van der Waals surface area contributed by atoms with E-state index in [1.54, 1.807) is 0 Å². The van der Waals surface area contributed by atoms with Crippen LogP contribution in [0.3, 0.4) is 0 Å². The summed E-state index contributed by atoms with van der Waals surface area (Å²) in [5.41, 5.74) is 2.17. The predicted molar refractivity (Wildman–Crippen MR) is 64.8 cm³/mol. The molecule has 0 spiro atoms. The maximum Gasteiger partial charge on any atom is 0.00879 e. The van der Waals surface area contributed by atoms with Crippen LogP contribution in [0, 0.1) is 5.41 Å². The molecule has 0 unspecified atom stereocenters. The molecule has 1 aliphatic carbocycles. The Labute approximate surface area is 94.8 Å². The molecule has 0 atom stereocenters. The lowest BCUT2D eigenvalue weighted by Gasteiger charge is -2.10. The molecule has 0 bridgehead atoms. The summed E-state index contributed by atoms with van der Waals surface area (Å²) >= 11 is 3.62. The highest BCUT2D eigenvalue weighted by molar-refractivity contribution is 9.09. The van der Waals surface area contributed by atoms with Gasteiger partial charge in [0, 0.05) is 5.33 Å². The smallest absolute Gasteiger partial charge is 0.00879 e. The van der Waals surface area contributed by atoms with Crippen molar-refractivity contribution in [3.63, 3.8) is 0 Å². The number of hydrogen-bond donors (Lipinski definition) is 0. The molecule has 14 heavy (non-hydrogen) atoms. The summed E-state index contributed by atoms with van der Waals surface area (Å²) in [4.78, 5) is 0. The number of halogens is 1. The molecule has 2 rings (SSSR count). The van der Waals surface area contributed by atoms with Crippen LogP contribution in [0.4, 0.5) is 0 Å². The zero-order valence-electron chi connectivity index (χ0n) is 8.51. The minimum atomic E-state index is 0.689. The fourth-order valence-electron chi connectivity index (χ4n) is 1.94. The number of alkyl halides is 1. The largest absolute Gasteiger partial charge is 0.0922 e. The maximum absolute atomic E-state index is 3.62. The van der Waals surface area contributed by atoms with Gasteiger partial charge in [-0.3, -0.25) is 0 Å². The molecule has 1 aliphatic rings. The van der Waals surface area contributed by atoms with E-state index in [2.05, 4.69) is 46.3 Å². The van der Waals surface area contributed by atoms with Crippen molar-refractivity contribution >= 4 is 15.9 Å². The molecule has 0 saturated heterocycles. The molecule has 1 heteroatoms. The van der Waals surface area contributed by atoms with Crippen molar-refractivity contribution in [2.24, 2.45) is 5.41 Å². The quantitative estimate of drug-likeness (QED) is 0.690. The van der Waals surface area contributed by atoms with Gasteiger partial charge in [0.05, 0.1) is 0 Å². The Bertz CT molecular complexity index is 275. The van der Waals surface area contributed by atoms with Crippen LogP contribution in [0.5, 0.6) is 0 Å². The van der Waals surface area contributed by atoms with Crippen LogP contribution in [-0.2, 0) is 6.42 Å². The standard InChI is InChI=1S/C13H17Br/c14-11-13(9-10-13)8-4-7-12-5-2-1-3-6-12/h1-3,5-6H,4,7-11H2. The van der Waals surface area contributed by atoms with E-state index in [0.29, 0.717) is 5.41 Å². The van der Waals surface area contributed by atoms with Crippen molar-refractivity contribution in [2.75, 3.05) is 5.33 Å². The lowest BCUT2D eigenvalue weighted by Crippen LogP contribution is -2.02. The molecule has 0 N–H and O–H groups in total. The molecule has 0 heterocycles. The van der Waals surface area contributed by atoms with E-state index < -0.39 is 0 Å². The Morgan fingerprint density at radius 3 is 2.43 bits per heavy atom. The van der Waals surface area contributed by atoms with Crippen LogP contribution >= 0.6 is 15.9 Å². The van der Waals surface area contributed by atoms with Crippen LogP contribution in [0.15, 0.2) is 30.3 Å². The van der Waals surface area contributed by atoms with Crippen LogP contribution in [0.2, 0.25) is 0 Å². The molecular formula is C13H17Br. The van der Waals surface area contributed by atoms with E-state index in [1.165, 1.54) is 43.0 Å². The van der Waals surface area contributed by atoms with Crippen LogP contribution < -0.4 is 0 Å². The monoisotopic (exact) mass is 252 g/mol. The molecule has 1 aromatic carbocycles. The third-order valence-corrected chi connectivity index (χ3v) is 4.45. The first-order valence-corrected chi connectivity index (χ1v) is 6.57. The van der Waals surface area contributed by atoms with Gasteiger partial charge in [-0.2, -0.15) is 0 Å². The molecule has 1 saturated carbocycles. The van der Waals surface area contributed by atoms with Crippen LogP contribution in [-0.4, -0.2) is 5.33 Å². The normalized spacial score (nSPS) is 18.1. The molecule has 76 valence electrons. The molecule has 0 aliphatic heterocycles. The van der Waals surface area contributed by atoms with Gasteiger partial charge in [-0.1, -0.05) is 46.3 Å². The second kappa shape index (κ2) is 4.48. The average Bonchev–Trinajstić information content (AvgIpc) is 3.00. The predicted octanol–water partition coefficient (Wildman–Crippen LogP) is 4.18. The van der Waals surface area contributed by atoms with Crippen molar-refractivity contribution in [3.8, 4) is 0 Å². The molecule has 0 nitrogen and oxygen atoms in total. The molecule has 1 aromatic rings. The van der Waals surface area contributed by atoms with E-state index >= 15 is 0 Å². The first-order chi connectivity index (χ1) is 6.85. The van der Waals surface area contributed by atoms with E-state index in [9.17, 15) is 0 Å². The third kappa shape index (κ3) is 2.60. The van der Waals surface area contributed by atoms with Gasteiger partial charge >= 0.3 is 0 Å². The summed E-state index contributed by atoms with van der Waals surface area (Å²) in [7, 11) is 0. The highest BCUT2D eigenvalue weighted by atomic mass is 79.9. The highest BCUT2D eigenvalue weighted by Crippen LogP contribution is 2.50. The van der Waals surface area contributed by atoms with Crippen LogP contribution in [0.25, 0.3) is 0 Å². The number of aryl methyl sites for hydroxylation is 1. The van der Waals surface area contributed by atoms with Gasteiger partial charge in [-0.15, -0.1) is 0 Å². The highest BCUT2D eigenvalue weighted by Gasteiger charge is 2.40. The van der Waals surface area contributed by atoms with Crippen molar-refractivity contribution in [2.45, 2.75) is 32.1 Å². The SMILES string of the molecule is BrCC1(CCCc2ccccc2)CC1. The Morgan fingerprint density at radius 1 is 1.14 bits per heavy atom. The Morgan fingerprint density at radius 2 is 1.86 bits per heavy atom. The second-order valence-corrected chi connectivity index (χ2v) is 5.03. The number of benzene rings is 1. The van der Waals surface area contributed by atoms with Crippen LogP contribution in [0.1, 0.15) is 31.2 Å². The summed E-state index contributed by atoms with van der Waals surface area (Å²) in [6.07, 6.45) is 6.86. The number of hydrogen-bond acceptors (Lipinski definition) is 0. The lowest BCUT2D eigenvalue weighted by atomic mass is 9.99. The lowest BCUT2D eigenvalue weighted by molar-refractivity contribution is 0.507. The van der Waals surface area contributed by atoms with Crippen molar-refractivity contribution < 1.29 is 0 Å². The number of rotatable bonds is 5. The first kappa shape index (κ1) is 10.2. The van der Waals surface area contributed by atoms with Gasteiger partial charge in [-0.05, 0) is 43.1 Å². The first-order valence-electron chi connectivity index (χ1n) is 5.45. The maximum atomic E-state index is 3.62. The van der Waals surface area contributed by atoms with Crippen molar-refractivity contribution in [3.05, 3.63) is 35.9 Å². The second-order valence-electron chi connectivity index (χ2n) is 4.47. The molecular weight excluding hydrogens is 236 g/mol. The summed E-state index contributed by atoms with van der Waals surface area (Å²) in [5.74, 6) is 0. The Balaban J connectivity index is 1.73. The van der Waals surface area contributed by atoms with Gasteiger partial charge in [0.15, 0.2) is 0 Å². The van der Waals surface area contributed by atoms with Gasteiger partial charge in [0.1, 0.15) is 0 Å². The van der Waals surface area contributed by atoms with E-state index in [1.807, 2.05) is 0 Å². The Hall–Kier alpha value is -0.300. The average molecular weight is 253 g/mol. The van der Waals surface area contributed by atoms with E-state index in [0.717, 1.165) is 0 Å². The summed E-state index contributed by atoms with van der Waals surface area (Å²) in [6, 6.07) is 10.8. The summed E-state index contributed by atoms with van der Waals surface area (Å²) < 4.78 is 0. The van der Waals surface area contributed by atoms with E-state index in [-0.39, 0.29) is 0 Å². The van der Waals surface area contributed by atoms with Gasteiger partial charge in [0.2, 0.25) is 0 Å². The summed E-state index contributed by atoms with van der Waals surface area (Å²) in [5, 5.41) is 1.20. The minimum Gasteiger partial charge on any atom is -0.0922 e. The van der Waals surface area contributed by atoms with Gasteiger partial charge in [0.25, 0.3) is 0 Å². The van der Waals surface area contributed by atoms with Gasteiger partial charge < -0.3 is 0 Å². The van der Waals surface area contributed by atoms with Crippen molar-refractivity contribution in [1.82, 2.24) is 0 Å². The molecule has 0 amide bonds. The fraction of sp³-hybridized carbons (Fsp3) is 0.538. The summed E-state index contributed by atoms with van der Waals surface area (Å²) in [6.45, 7) is 0. The fourth-order valence-corrected chi connectivity index (χ4v) is 2.78. The van der Waals surface area contributed by atoms with Gasteiger partial charge in [-0.25, -0.2) is 0 Å². The topological polar surface area (TPSA) is 0 Å². The zero-order chi connectivity index (χ0) is 9.86. The van der Waals surface area contributed by atoms with Crippen molar-refractivity contribution in [1.29, 1.82) is 0 Å². The molecule has 0 radical (unpaired) electrons. The molecule has 1 fully saturated rings.